The summed E-state index contributed by atoms with van der Waals surface area (Å²) >= 11 is 0. The molecule has 0 bridgehead atoms. The Hall–Kier alpha value is -2.71. The first-order chi connectivity index (χ1) is 11.8. The summed E-state index contributed by atoms with van der Waals surface area (Å²) in [4.78, 5) is 26.0. The molecule has 2 aromatic carbocycles. The van der Waals surface area contributed by atoms with Gasteiger partial charge in [0.15, 0.2) is 0 Å². The van der Waals surface area contributed by atoms with Gasteiger partial charge in [0.25, 0.3) is 0 Å². The zero-order valence-corrected chi connectivity index (χ0v) is 14.2. The molecule has 7 nitrogen and oxygen atoms in total. The number of rotatable bonds is 4. The van der Waals surface area contributed by atoms with Crippen LogP contribution in [0.4, 0.5) is 5.69 Å². The van der Waals surface area contributed by atoms with Crippen LogP contribution < -0.4 is 14.8 Å². The number of carbonyl (C=O) groups excluding carboxylic acids is 2. The van der Waals surface area contributed by atoms with Gasteiger partial charge in [-0.3, -0.25) is 14.5 Å². The van der Waals surface area contributed by atoms with Crippen molar-refractivity contribution in [3.8, 4) is 5.75 Å². The number of hydrogen-bond donors (Lipinski definition) is 1. The Balaban J connectivity index is 1.88. The van der Waals surface area contributed by atoms with Crippen molar-refractivity contribution >= 4 is 27.5 Å². The minimum absolute atomic E-state index is 0.0576. The summed E-state index contributed by atoms with van der Waals surface area (Å²) in [5, 5.41) is 5.05. The lowest BCUT2D eigenvalue weighted by Gasteiger charge is -2.15. The summed E-state index contributed by atoms with van der Waals surface area (Å²) in [5.41, 5.74) is 1.04. The second kappa shape index (κ2) is 6.30. The summed E-state index contributed by atoms with van der Waals surface area (Å²) in [6.45, 7) is 0. The summed E-state index contributed by atoms with van der Waals surface area (Å²) in [5.74, 6) is -0.597. The lowest BCUT2D eigenvalue weighted by atomic mass is 9.97. The average molecular weight is 360 g/mol. The highest BCUT2D eigenvalue weighted by molar-refractivity contribution is 7.89. The van der Waals surface area contributed by atoms with Crippen LogP contribution in [0.1, 0.15) is 17.9 Å². The van der Waals surface area contributed by atoms with Crippen LogP contribution in [-0.4, -0.2) is 27.3 Å². The number of anilines is 1. The lowest BCUT2D eigenvalue weighted by Crippen LogP contribution is -2.30. The first-order valence-electron chi connectivity index (χ1n) is 7.45. The van der Waals surface area contributed by atoms with E-state index in [2.05, 4.69) is 0 Å². The van der Waals surface area contributed by atoms with E-state index in [4.69, 9.17) is 9.88 Å². The van der Waals surface area contributed by atoms with Gasteiger partial charge in [-0.2, -0.15) is 0 Å². The van der Waals surface area contributed by atoms with Gasteiger partial charge in [-0.25, -0.2) is 13.6 Å². The standard InChI is InChI=1S/C17H16N2O5S/c1-24-13-6-2-11(3-7-13)15-10-16(20)19(17(15)21)12-4-8-14(9-5-12)25(18,22)23/h2-9,15H,10H2,1H3,(H2,18,22,23). The first kappa shape index (κ1) is 17.1. The van der Waals surface area contributed by atoms with Crippen molar-refractivity contribution < 1.29 is 22.7 Å². The number of primary sulfonamides is 1. The number of nitrogens with two attached hydrogens (primary N) is 1. The van der Waals surface area contributed by atoms with Crippen LogP contribution in [0.15, 0.2) is 53.4 Å². The highest BCUT2D eigenvalue weighted by Crippen LogP contribution is 2.34. The number of imide groups is 1. The second-order valence-corrected chi connectivity index (χ2v) is 7.20. The molecule has 25 heavy (non-hydrogen) atoms. The zero-order chi connectivity index (χ0) is 18.2. The highest BCUT2D eigenvalue weighted by Gasteiger charge is 2.40. The Bertz CT molecular complexity index is 921. The lowest BCUT2D eigenvalue weighted by molar-refractivity contribution is -0.121. The van der Waals surface area contributed by atoms with Crippen molar-refractivity contribution in [3.05, 3.63) is 54.1 Å². The number of amides is 2. The van der Waals surface area contributed by atoms with E-state index >= 15 is 0 Å². The smallest absolute Gasteiger partial charge is 0.241 e. The first-order valence-corrected chi connectivity index (χ1v) is 8.99. The Morgan fingerprint density at radius 2 is 1.64 bits per heavy atom. The van der Waals surface area contributed by atoms with Crippen molar-refractivity contribution in [3.63, 3.8) is 0 Å². The van der Waals surface area contributed by atoms with E-state index in [0.29, 0.717) is 11.4 Å². The number of carbonyl (C=O) groups is 2. The van der Waals surface area contributed by atoms with Crippen molar-refractivity contribution in [1.29, 1.82) is 0 Å². The number of ether oxygens (including phenoxy) is 1. The zero-order valence-electron chi connectivity index (χ0n) is 13.4. The van der Waals surface area contributed by atoms with Gasteiger partial charge in [0.2, 0.25) is 21.8 Å². The normalized spacial score (nSPS) is 17.8. The Labute approximate surface area is 145 Å². The molecule has 1 aliphatic rings. The van der Waals surface area contributed by atoms with Crippen molar-refractivity contribution in [2.75, 3.05) is 12.0 Å². The fraction of sp³-hybridized carbons (Fsp3) is 0.176. The largest absolute Gasteiger partial charge is 0.497 e. The van der Waals surface area contributed by atoms with Gasteiger partial charge in [0.1, 0.15) is 5.75 Å². The Morgan fingerprint density at radius 1 is 1.04 bits per heavy atom. The molecule has 2 N–H and O–H groups in total. The minimum Gasteiger partial charge on any atom is -0.497 e. The van der Waals surface area contributed by atoms with Crippen LogP contribution in [0, 0.1) is 0 Å². The Morgan fingerprint density at radius 3 is 2.16 bits per heavy atom. The van der Waals surface area contributed by atoms with E-state index in [1.165, 1.54) is 24.3 Å². The molecule has 0 spiro atoms. The third-order valence-corrected chi connectivity index (χ3v) is 5.02. The average Bonchev–Trinajstić information content (AvgIpc) is 2.89. The number of hydrogen-bond acceptors (Lipinski definition) is 5. The fourth-order valence-electron chi connectivity index (χ4n) is 2.78. The van der Waals surface area contributed by atoms with E-state index in [-0.39, 0.29) is 23.1 Å². The van der Waals surface area contributed by atoms with E-state index in [1.54, 1.807) is 31.4 Å². The monoisotopic (exact) mass is 360 g/mol. The quantitative estimate of drug-likeness (QED) is 0.829. The SMILES string of the molecule is COc1ccc(C2CC(=O)N(c3ccc(S(N)(=O)=O)cc3)C2=O)cc1. The fourth-order valence-corrected chi connectivity index (χ4v) is 3.30. The van der Waals surface area contributed by atoms with Crippen molar-refractivity contribution in [1.82, 2.24) is 0 Å². The summed E-state index contributed by atoms with van der Waals surface area (Å²) in [6, 6.07) is 12.3. The second-order valence-electron chi connectivity index (χ2n) is 5.64. The molecule has 3 rings (SSSR count). The maximum atomic E-state index is 12.7. The van der Waals surface area contributed by atoms with E-state index in [0.717, 1.165) is 10.5 Å². The molecule has 0 radical (unpaired) electrons. The van der Waals surface area contributed by atoms with Gasteiger partial charge in [0, 0.05) is 6.42 Å². The third kappa shape index (κ3) is 3.26. The maximum Gasteiger partial charge on any atom is 0.241 e. The van der Waals surface area contributed by atoms with Gasteiger partial charge in [-0.05, 0) is 42.0 Å². The van der Waals surface area contributed by atoms with E-state index in [1.807, 2.05) is 0 Å². The van der Waals surface area contributed by atoms with Gasteiger partial charge < -0.3 is 4.74 Å². The number of benzene rings is 2. The highest BCUT2D eigenvalue weighted by atomic mass is 32.2. The summed E-state index contributed by atoms with van der Waals surface area (Å²) < 4.78 is 27.7. The molecule has 0 saturated carbocycles. The molecule has 2 amide bonds. The molecule has 1 unspecified atom stereocenters. The van der Waals surface area contributed by atoms with E-state index < -0.39 is 15.9 Å². The molecular formula is C17H16N2O5S. The molecule has 8 heteroatoms. The van der Waals surface area contributed by atoms with E-state index in [9.17, 15) is 18.0 Å². The molecular weight excluding hydrogens is 344 g/mol. The van der Waals surface area contributed by atoms with Gasteiger partial charge in [-0.15, -0.1) is 0 Å². The van der Waals surface area contributed by atoms with Crippen molar-refractivity contribution in [2.45, 2.75) is 17.2 Å². The molecule has 130 valence electrons. The molecule has 1 heterocycles. The molecule has 2 aromatic rings. The van der Waals surface area contributed by atoms with Crippen LogP contribution in [0.3, 0.4) is 0 Å². The summed E-state index contributed by atoms with van der Waals surface area (Å²) in [6.07, 6.45) is 0.0576. The predicted molar refractivity (Wildman–Crippen MR) is 90.7 cm³/mol. The van der Waals surface area contributed by atoms with Crippen LogP contribution in [0.5, 0.6) is 5.75 Å². The number of nitrogens with zero attached hydrogens (tertiary/aromatic N) is 1. The number of methoxy groups -OCH3 is 1. The third-order valence-electron chi connectivity index (χ3n) is 4.09. The summed E-state index contributed by atoms with van der Waals surface area (Å²) in [7, 11) is -2.28. The molecule has 1 atom stereocenters. The van der Waals surface area contributed by atoms with Gasteiger partial charge in [-0.1, -0.05) is 12.1 Å². The molecule has 0 aliphatic carbocycles. The van der Waals surface area contributed by atoms with Crippen LogP contribution >= 0.6 is 0 Å². The van der Waals surface area contributed by atoms with Crippen LogP contribution in [0.2, 0.25) is 0 Å². The minimum atomic E-state index is -3.83. The molecule has 0 aromatic heterocycles. The maximum absolute atomic E-state index is 12.7. The topological polar surface area (TPSA) is 107 Å². The molecule has 1 saturated heterocycles. The van der Waals surface area contributed by atoms with Crippen LogP contribution in [0.25, 0.3) is 0 Å². The van der Waals surface area contributed by atoms with Gasteiger partial charge >= 0.3 is 0 Å². The molecule has 1 fully saturated rings. The van der Waals surface area contributed by atoms with Crippen molar-refractivity contribution in [2.24, 2.45) is 5.14 Å². The predicted octanol–water partition coefficient (Wildman–Crippen LogP) is 1.39. The molecule has 1 aliphatic heterocycles. The number of sulfonamides is 1. The Kier molecular flexibility index (Phi) is 4.32. The van der Waals surface area contributed by atoms with Gasteiger partial charge in [0.05, 0.1) is 23.6 Å². The van der Waals surface area contributed by atoms with Crippen LogP contribution in [-0.2, 0) is 19.6 Å².